The maximum absolute atomic E-state index is 12.7. The number of nitro groups is 1. The smallest absolute Gasteiger partial charge is 0.278 e. The Kier molecular flexibility index (Phi) is 5.39. The number of benzene rings is 1. The molecule has 0 bridgehead atoms. The molecule has 8 nitrogen and oxygen atoms in total. The van der Waals surface area contributed by atoms with Crippen LogP contribution in [0.5, 0.6) is 0 Å². The third kappa shape index (κ3) is 4.04. The van der Waals surface area contributed by atoms with E-state index in [-0.39, 0.29) is 17.5 Å². The number of nitro benzene ring substituents is 1. The summed E-state index contributed by atoms with van der Waals surface area (Å²) in [5.74, 6) is 0.227. The Morgan fingerprint density at radius 2 is 2.10 bits per heavy atom. The van der Waals surface area contributed by atoms with Crippen molar-refractivity contribution in [3.63, 3.8) is 0 Å². The third-order valence-electron chi connectivity index (χ3n) is 5.03. The first kappa shape index (κ1) is 19.3. The van der Waals surface area contributed by atoms with Crippen LogP contribution in [0.1, 0.15) is 12.8 Å². The highest BCUT2D eigenvalue weighted by Gasteiger charge is 2.28. The van der Waals surface area contributed by atoms with Crippen LogP contribution in [-0.4, -0.2) is 33.9 Å². The van der Waals surface area contributed by atoms with Gasteiger partial charge in [0, 0.05) is 36.0 Å². The van der Waals surface area contributed by atoms with Crippen LogP contribution < -0.4 is 10.2 Å². The molecule has 3 aromatic rings. The van der Waals surface area contributed by atoms with E-state index >= 15 is 0 Å². The van der Waals surface area contributed by atoms with Crippen LogP contribution in [0.25, 0.3) is 10.9 Å². The average molecular weight is 456 g/mol. The predicted molar refractivity (Wildman–Crippen MR) is 114 cm³/mol. The minimum absolute atomic E-state index is 0.0319. The first-order chi connectivity index (χ1) is 14.0. The molecule has 3 heterocycles. The summed E-state index contributed by atoms with van der Waals surface area (Å²) in [4.78, 5) is 34.3. The summed E-state index contributed by atoms with van der Waals surface area (Å²) >= 11 is 3.33. The van der Waals surface area contributed by atoms with Crippen molar-refractivity contribution >= 4 is 49.9 Å². The van der Waals surface area contributed by atoms with Crippen LogP contribution in [0.4, 0.5) is 17.2 Å². The summed E-state index contributed by atoms with van der Waals surface area (Å²) in [6.45, 7) is 1.29. The van der Waals surface area contributed by atoms with Crippen LogP contribution in [0.3, 0.4) is 0 Å². The lowest BCUT2D eigenvalue weighted by molar-refractivity contribution is -0.383. The van der Waals surface area contributed by atoms with Gasteiger partial charge in [-0.25, -0.2) is 4.98 Å². The van der Waals surface area contributed by atoms with Crippen molar-refractivity contribution < 1.29 is 9.72 Å². The fraction of sp³-hybridized carbons (Fsp3) is 0.250. The lowest BCUT2D eigenvalue weighted by Gasteiger charge is -2.34. The number of hydrogen-bond acceptors (Lipinski definition) is 6. The van der Waals surface area contributed by atoms with Gasteiger partial charge in [0.2, 0.25) is 5.91 Å². The van der Waals surface area contributed by atoms with Crippen molar-refractivity contribution in [2.45, 2.75) is 12.8 Å². The Balaban J connectivity index is 1.57. The maximum Gasteiger partial charge on any atom is 0.278 e. The average Bonchev–Trinajstić information content (AvgIpc) is 2.74. The highest BCUT2D eigenvalue weighted by Crippen LogP contribution is 2.34. The molecule has 0 radical (unpaired) electrons. The molecular formula is C20H18BrN5O3. The summed E-state index contributed by atoms with van der Waals surface area (Å²) in [6, 6.07) is 10.2. The van der Waals surface area contributed by atoms with Gasteiger partial charge >= 0.3 is 0 Å². The molecule has 2 aromatic heterocycles. The zero-order valence-electron chi connectivity index (χ0n) is 15.4. The van der Waals surface area contributed by atoms with E-state index in [1.807, 2.05) is 6.07 Å². The van der Waals surface area contributed by atoms with Crippen molar-refractivity contribution in [3.05, 3.63) is 63.4 Å². The van der Waals surface area contributed by atoms with Gasteiger partial charge in [-0.3, -0.25) is 19.9 Å². The second-order valence-electron chi connectivity index (χ2n) is 6.90. The number of halogens is 1. The van der Waals surface area contributed by atoms with Crippen molar-refractivity contribution in [3.8, 4) is 0 Å². The Labute approximate surface area is 175 Å². The normalized spacial score (nSPS) is 16.6. The Bertz CT molecular complexity index is 1070. The summed E-state index contributed by atoms with van der Waals surface area (Å²) in [5.41, 5.74) is 1.42. The quantitative estimate of drug-likeness (QED) is 0.468. The number of amides is 1. The van der Waals surface area contributed by atoms with Gasteiger partial charge in [0.15, 0.2) is 0 Å². The number of anilines is 2. The standard InChI is InChI=1S/C20H18BrN5O3/c21-14-5-8-18(23-11-14)24-20(27)13-3-2-10-25(12-13)17-7-6-16(26(28)29)15-4-1-9-22-19(15)17/h1,4-9,11,13H,2-3,10,12H2,(H,23,24,27). The molecular weight excluding hydrogens is 438 g/mol. The fourth-order valence-corrected chi connectivity index (χ4v) is 3.88. The number of non-ortho nitro benzene ring substituents is 1. The van der Waals surface area contributed by atoms with Crippen molar-refractivity contribution in [1.82, 2.24) is 9.97 Å². The Morgan fingerprint density at radius 1 is 1.24 bits per heavy atom. The topological polar surface area (TPSA) is 101 Å². The van der Waals surface area contributed by atoms with Crippen molar-refractivity contribution in [2.75, 3.05) is 23.3 Å². The van der Waals surface area contributed by atoms with Crippen LogP contribution in [0.15, 0.2) is 53.3 Å². The van der Waals surface area contributed by atoms with E-state index in [1.54, 1.807) is 36.7 Å². The van der Waals surface area contributed by atoms with E-state index in [0.717, 1.165) is 29.5 Å². The lowest BCUT2D eigenvalue weighted by atomic mass is 9.96. The third-order valence-corrected chi connectivity index (χ3v) is 5.50. The number of carbonyl (C=O) groups excluding carboxylic acids is 1. The summed E-state index contributed by atoms with van der Waals surface area (Å²) in [5, 5.41) is 14.7. The first-order valence-electron chi connectivity index (χ1n) is 9.22. The van der Waals surface area contributed by atoms with E-state index < -0.39 is 4.92 Å². The molecule has 0 spiro atoms. The largest absolute Gasteiger partial charge is 0.369 e. The van der Waals surface area contributed by atoms with Gasteiger partial charge in [0.1, 0.15) is 11.3 Å². The Hall–Kier alpha value is -3.07. The monoisotopic (exact) mass is 455 g/mol. The number of aromatic nitrogens is 2. The number of pyridine rings is 2. The highest BCUT2D eigenvalue weighted by molar-refractivity contribution is 9.10. The molecule has 1 saturated heterocycles. The number of hydrogen-bond donors (Lipinski definition) is 1. The second-order valence-corrected chi connectivity index (χ2v) is 7.81. The van der Waals surface area contributed by atoms with Crippen LogP contribution in [0, 0.1) is 16.0 Å². The second kappa shape index (κ2) is 8.12. The van der Waals surface area contributed by atoms with Gasteiger partial charge < -0.3 is 10.2 Å². The molecule has 1 aliphatic heterocycles. The minimum atomic E-state index is -0.397. The van der Waals surface area contributed by atoms with Crippen LogP contribution in [-0.2, 0) is 4.79 Å². The number of fused-ring (bicyclic) bond motifs is 1. The van der Waals surface area contributed by atoms with Gasteiger partial charge in [0.05, 0.1) is 21.9 Å². The molecule has 29 heavy (non-hydrogen) atoms. The summed E-state index contributed by atoms with van der Waals surface area (Å²) < 4.78 is 0.844. The van der Waals surface area contributed by atoms with E-state index in [1.165, 1.54) is 6.07 Å². The maximum atomic E-state index is 12.7. The van der Waals surface area contributed by atoms with E-state index in [0.29, 0.717) is 23.3 Å². The van der Waals surface area contributed by atoms with Crippen molar-refractivity contribution in [2.24, 2.45) is 5.92 Å². The lowest BCUT2D eigenvalue weighted by Crippen LogP contribution is -2.41. The van der Waals surface area contributed by atoms with Crippen LogP contribution >= 0.6 is 15.9 Å². The minimum Gasteiger partial charge on any atom is -0.369 e. The molecule has 0 aliphatic carbocycles. The predicted octanol–water partition coefficient (Wildman–Crippen LogP) is 4.16. The van der Waals surface area contributed by atoms with Gasteiger partial charge in [-0.15, -0.1) is 0 Å². The molecule has 1 aromatic carbocycles. The number of carbonyl (C=O) groups is 1. The van der Waals surface area contributed by atoms with Gasteiger partial charge in [-0.1, -0.05) is 0 Å². The van der Waals surface area contributed by atoms with E-state index in [9.17, 15) is 14.9 Å². The van der Waals surface area contributed by atoms with Crippen molar-refractivity contribution in [1.29, 1.82) is 0 Å². The molecule has 4 rings (SSSR count). The van der Waals surface area contributed by atoms with E-state index in [4.69, 9.17) is 0 Å². The van der Waals surface area contributed by atoms with E-state index in [2.05, 4.69) is 36.1 Å². The summed E-state index contributed by atoms with van der Waals surface area (Å²) in [6.07, 6.45) is 4.88. The molecule has 1 amide bonds. The zero-order valence-corrected chi connectivity index (χ0v) is 17.0. The molecule has 1 atom stereocenters. The molecule has 9 heteroatoms. The van der Waals surface area contributed by atoms with Gasteiger partial charge in [0.25, 0.3) is 5.69 Å². The number of rotatable bonds is 4. The molecule has 1 fully saturated rings. The highest BCUT2D eigenvalue weighted by atomic mass is 79.9. The Morgan fingerprint density at radius 3 is 2.86 bits per heavy atom. The molecule has 0 saturated carbocycles. The van der Waals surface area contributed by atoms with Crippen LogP contribution in [0.2, 0.25) is 0 Å². The van der Waals surface area contributed by atoms with Gasteiger partial charge in [-0.2, -0.15) is 0 Å². The molecule has 1 N–H and O–H groups in total. The molecule has 1 unspecified atom stereocenters. The first-order valence-corrected chi connectivity index (χ1v) is 10.0. The fourth-order valence-electron chi connectivity index (χ4n) is 3.65. The number of nitrogens with zero attached hydrogens (tertiary/aromatic N) is 4. The summed E-state index contributed by atoms with van der Waals surface area (Å²) in [7, 11) is 0. The number of piperidine rings is 1. The zero-order chi connectivity index (χ0) is 20.4. The van der Waals surface area contributed by atoms with Gasteiger partial charge in [-0.05, 0) is 59.1 Å². The molecule has 1 aliphatic rings. The number of nitrogens with one attached hydrogen (secondary N) is 1. The molecule has 148 valence electrons. The SMILES string of the molecule is O=C(Nc1ccc(Br)cn1)C1CCCN(c2ccc([N+](=O)[O-])c3cccnc23)C1.